The third-order valence-electron chi connectivity index (χ3n) is 4.53. The molecule has 1 aromatic rings. The van der Waals surface area contributed by atoms with Gasteiger partial charge in [0.25, 0.3) is 0 Å². The minimum Gasteiger partial charge on any atom is -0.369 e. The Hall–Kier alpha value is -1.53. The number of aryl methyl sites for hydroxylation is 1. The Morgan fingerprint density at radius 3 is 2.86 bits per heavy atom. The second-order valence-electron chi connectivity index (χ2n) is 6.14. The van der Waals surface area contributed by atoms with Gasteiger partial charge in [0, 0.05) is 18.3 Å². The second kappa shape index (κ2) is 6.95. The van der Waals surface area contributed by atoms with Gasteiger partial charge in [0.05, 0.1) is 6.07 Å². The summed E-state index contributed by atoms with van der Waals surface area (Å²) in [5.74, 6) is 0. The molecule has 114 valence electrons. The molecule has 0 aromatic heterocycles. The molecule has 0 amide bonds. The van der Waals surface area contributed by atoms with Gasteiger partial charge in [-0.05, 0) is 63.8 Å². The second-order valence-corrected chi connectivity index (χ2v) is 6.14. The van der Waals surface area contributed by atoms with Gasteiger partial charge in [0.1, 0.15) is 5.54 Å². The Morgan fingerprint density at radius 2 is 2.24 bits per heavy atom. The van der Waals surface area contributed by atoms with Crippen molar-refractivity contribution in [2.45, 2.75) is 58.0 Å². The van der Waals surface area contributed by atoms with Gasteiger partial charge in [0.2, 0.25) is 0 Å². The monoisotopic (exact) mass is 285 g/mol. The molecule has 3 nitrogen and oxygen atoms in total. The van der Waals surface area contributed by atoms with E-state index in [2.05, 4.69) is 61.3 Å². The number of hydrogen-bond acceptors (Lipinski definition) is 3. The third-order valence-corrected chi connectivity index (χ3v) is 4.53. The summed E-state index contributed by atoms with van der Waals surface area (Å²) in [7, 11) is 0. The van der Waals surface area contributed by atoms with E-state index in [0.717, 1.165) is 38.8 Å². The van der Waals surface area contributed by atoms with Crippen molar-refractivity contribution in [3.05, 3.63) is 29.8 Å². The largest absolute Gasteiger partial charge is 0.369 e. The van der Waals surface area contributed by atoms with Crippen LogP contribution in [0.25, 0.3) is 0 Å². The number of anilines is 1. The molecule has 1 N–H and O–H groups in total. The molecule has 2 rings (SSSR count). The van der Waals surface area contributed by atoms with E-state index in [9.17, 15) is 5.26 Å². The molecule has 1 aliphatic rings. The highest BCUT2D eigenvalue weighted by molar-refractivity contribution is 5.50. The first-order valence-electron chi connectivity index (χ1n) is 8.13. The fourth-order valence-electron chi connectivity index (χ4n) is 3.41. The van der Waals surface area contributed by atoms with E-state index in [1.165, 1.54) is 11.3 Å². The van der Waals surface area contributed by atoms with E-state index in [-0.39, 0.29) is 5.54 Å². The zero-order valence-corrected chi connectivity index (χ0v) is 13.5. The fraction of sp³-hybridized carbons (Fsp3) is 0.611. The molecule has 1 fully saturated rings. The topological polar surface area (TPSA) is 39.1 Å². The van der Waals surface area contributed by atoms with Crippen LogP contribution in [0.1, 0.15) is 45.1 Å². The van der Waals surface area contributed by atoms with E-state index in [1.807, 2.05) is 0 Å². The fourth-order valence-corrected chi connectivity index (χ4v) is 3.41. The molecule has 0 heterocycles. The highest BCUT2D eigenvalue weighted by Crippen LogP contribution is 2.35. The maximum Gasteiger partial charge on any atom is 0.108 e. The van der Waals surface area contributed by atoms with Gasteiger partial charge in [0.15, 0.2) is 0 Å². The summed E-state index contributed by atoms with van der Waals surface area (Å²) in [5, 5.41) is 13.1. The molecule has 0 radical (unpaired) electrons. The summed E-state index contributed by atoms with van der Waals surface area (Å²) in [6.07, 6.45) is 4.04. The Bertz CT molecular complexity index is 505. The van der Waals surface area contributed by atoms with E-state index in [4.69, 9.17) is 0 Å². The number of nitriles is 1. The highest BCUT2D eigenvalue weighted by Gasteiger charge is 2.41. The average Bonchev–Trinajstić information content (AvgIpc) is 2.91. The molecule has 0 saturated heterocycles. The molecule has 3 heteroatoms. The summed E-state index contributed by atoms with van der Waals surface area (Å²) in [5.41, 5.74) is 2.25. The van der Waals surface area contributed by atoms with Crippen molar-refractivity contribution >= 4 is 5.69 Å². The number of benzene rings is 1. The SMILES string of the molecule is CCCNC1(C#N)CCC(N(CC)c2cccc(C)c2)C1. The summed E-state index contributed by atoms with van der Waals surface area (Å²) < 4.78 is 0. The normalized spacial score (nSPS) is 24.8. The quantitative estimate of drug-likeness (QED) is 0.867. The van der Waals surface area contributed by atoms with Gasteiger partial charge in [-0.15, -0.1) is 0 Å². The Kier molecular flexibility index (Phi) is 5.25. The number of nitrogens with one attached hydrogen (secondary N) is 1. The zero-order chi connectivity index (χ0) is 15.3. The summed E-state index contributed by atoms with van der Waals surface area (Å²) >= 11 is 0. The molecule has 1 aromatic carbocycles. The zero-order valence-electron chi connectivity index (χ0n) is 13.5. The molecular formula is C18H27N3. The van der Waals surface area contributed by atoms with Crippen LogP contribution in [0.2, 0.25) is 0 Å². The lowest BCUT2D eigenvalue weighted by Crippen LogP contribution is -2.44. The molecule has 0 aliphatic heterocycles. The van der Waals surface area contributed by atoms with Crippen molar-refractivity contribution in [2.75, 3.05) is 18.0 Å². The van der Waals surface area contributed by atoms with Crippen molar-refractivity contribution in [3.8, 4) is 6.07 Å². The van der Waals surface area contributed by atoms with Gasteiger partial charge in [-0.1, -0.05) is 19.1 Å². The van der Waals surface area contributed by atoms with Crippen LogP contribution in [0, 0.1) is 18.3 Å². The Morgan fingerprint density at radius 1 is 1.43 bits per heavy atom. The first-order chi connectivity index (χ1) is 10.1. The van der Waals surface area contributed by atoms with Crippen LogP contribution in [-0.2, 0) is 0 Å². The van der Waals surface area contributed by atoms with Crippen LogP contribution in [0.5, 0.6) is 0 Å². The van der Waals surface area contributed by atoms with E-state index in [0.29, 0.717) is 6.04 Å². The lowest BCUT2D eigenvalue weighted by Gasteiger charge is -2.31. The lowest BCUT2D eigenvalue weighted by atomic mass is 9.99. The van der Waals surface area contributed by atoms with Crippen LogP contribution in [-0.4, -0.2) is 24.7 Å². The molecule has 1 aliphatic carbocycles. The highest BCUT2D eigenvalue weighted by atomic mass is 15.2. The molecular weight excluding hydrogens is 258 g/mol. The molecule has 21 heavy (non-hydrogen) atoms. The minimum absolute atomic E-state index is 0.322. The Labute approximate surface area is 129 Å². The standard InChI is InChI=1S/C18H27N3/c1-4-11-20-18(14-19)10-9-17(13-18)21(5-2)16-8-6-7-15(3)12-16/h6-8,12,17,20H,4-5,9-11,13H2,1-3H3. The molecule has 0 spiro atoms. The van der Waals surface area contributed by atoms with Crippen LogP contribution in [0.15, 0.2) is 24.3 Å². The average molecular weight is 285 g/mol. The van der Waals surface area contributed by atoms with Crippen molar-refractivity contribution < 1.29 is 0 Å². The lowest BCUT2D eigenvalue weighted by molar-refractivity contribution is 0.415. The first-order valence-corrected chi connectivity index (χ1v) is 8.13. The van der Waals surface area contributed by atoms with Gasteiger partial charge < -0.3 is 4.90 Å². The van der Waals surface area contributed by atoms with Crippen molar-refractivity contribution in [1.82, 2.24) is 5.32 Å². The molecule has 1 saturated carbocycles. The molecule has 0 bridgehead atoms. The molecule has 2 unspecified atom stereocenters. The molecule has 2 atom stereocenters. The third kappa shape index (κ3) is 3.57. The van der Waals surface area contributed by atoms with Gasteiger partial charge >= 0.3 is 0 Å². The van der Waals surface area contributed by atoms with Crippen LogP contribution < -0.4 is 10.2 Å². The van der Waals surface area contributed by atoms with Gasteiger partial charge in [-0.25, -0.2) is 0 Å². The predicted octanol–water partition coefficient (Wildman–Crippen LogP) is 3.64. The van der Waals surface area contributed by atoms with E-state index in [1.54, 1.807) is 0 Å². The van der Waals surface area contributed by atoms with Crippen LogP contribution >= 0.6 is 0 Å². The number of hydrogen-bond donors (Lipinski definition) is 1. The van der Waals surface area contributed by atoms with Crippen molar-refractivity contribution in [3.63, 3.8) is 0 Å². The van der Waals surface area contributed by atoms with Crippen molar-refractivity contribution in [1.29, 1.82) is 5.26 Å². The predicted molar refractivity (Wildman–Crippen MR) is 88.5 cm³/mol. The first kappa shape index (κ1) is 15.9. The number of rotatable bonds is 6. The number of nitrogens with zero attached hydrogens (tertiary/aromatic N) is 2. The van der Waals surface area contributed by atoms with Crippen molar-refractivity contribution in [2.24, 2.45) is 0 Å². The van der Waals surface area contributed by atoms with Gasteiger partial charge in [-0.3, -0.25) is 5.32 Å². The smallest absolute Gasteiger partial charge is 0.108 e. The van der Waals surface area contributed by atoms with Crippen LogP contribution in [0.4, 0.5) is 5.69 Å². The maximum absolute atomic E-state index is 9.60. The van der Waals surface area contributed by atoms with Crippen LogP contribution in [0.3, 0.4) is 0 Å². The summed E-state index contributed by atoms with van der Waals surface area (Å²) in [6, 6.07) is 11.7. The maximum atomic E-state index is 9.60. The van der Waals surface area contributed by atoms with E-state index < -0.39 is 0 Å². The summed E-state index contributed by atoms with van der Waals surface area (Å²) in [4.78, 5) is 2.46. The summed E-state index contributed by atoms with van der Waals surface area (Å²) in [6.45, 7) is 8.40. The van der Waals surface area contributed by atoms with Gasteiger partial charge in [-0.2, -0.15) is 5.26 Å². The minimum atomic E-state index is -0.322. The van der Waals surface area contributed by atoms with E-state index >= 15 is 0 Å². The Balaban J connectivity index is 2.13.